The molecule has 0 saturated carbocycles. The molecule has 1 heteroatoms. The summed E-state index contributed by atoms with van der Waals surface area (Å²) in [5, 5.41) is 0. The van der Waals surface area contributed by atoms with Crippen LogP contribution in [0.15, 0.2) is 0 Å². The average molecular weight is 214 g/mol. The Morgan fingerprint density at radius 3 is 2.13 bits per heavy atom. The molecule has 0 aliphatic rings. The lowest BCUT2D eigenvalue weighted by Crippen LogP contribution is -2.03. The Balaban J connectivity index is 3.30. The maximum Gasteiger partial charge on any atom is 0.0464 e. The van der Waals surface area contributed by atoms with Gasteiger partial charge in [0.25, 0.3) is 0 Å². The van der Waals surface area contributed by atoms with E-state index in [1.165, 1.54) is 44.9 Å². The Kier molecular flexibility index (Phi) is 10.4. The maximum atomic E-state index is 5.13. The van der Waals surface area contributed by atoms with Gasteiger partial charge in [-0.05, 0) is 18.3 Å². The third-order valence-electron chi connectivity index (χ3n) is 3.20. The zero-order valence-corrected chi connectivity index (χ0v) is 11.2. The van der Waals surface area contributed by atoms with Crippen LogP contribution < -0.4 is 0 Å². The SMILES string of the molecule is CC[C@H](CCCCCC(C)C)CCOC. The second-order valence-electron chi connectivity index (χ2n) is 5.09. The zero-order chi connectivity index (χ0) is 11.5. The number of hydrogen-bond acceptors (Lipinski definition) is 1. The summed E-state index contributed by atoms with van der Waals surface area (Å²) in [7, 11) is 1.80. The highest BCUT2D eigenvalue weighted by molar-refractivity contribution is 4.58. The Morgan fingerprint density at radius 2 is 1.60 bits per heavy atom. The van der Waals surface area contributed by atoms with E-state index in [1.807, 2.05) is 0 Å². The minimum Gasteiger partial charge on any atom is -0.385 e. The summed E-state index contributed by atoms with van der Waals surface area (Å²) in [5.74, 6) is 1.77. The summed E-state index contributed by atoms with van der Waals surface area (Å²) in [5.41, 5.74) is 0. The fraction of sp³-hybridized carbons (Fsp3) is 1.00. The molecule has 1 nitrogen and oxygen atoms in total. The van der Waals surface area contributed by atoms with E-state index in [1.54, 1.807) is 7.11 Å². The summed E-state index contributed by atoms with van der Waals surface area (Å²) < 4.78 is 5.13. The Hall–Kier alpha value is -0.0400. The first-order chi connectivity index (χ1) is 7.20. The molecule has 0 aromatic heterocycles. The van der Waals surface area contributed by atoms with E-state index in [0.29, 0.717) is 0 Å². The molecular weight excluding hydrogens is 184 g/mol. The number of hydrogen-bond donors (Lipinski definition) is 0. The van der Waals surface area contributed by atoms with E-state index >= 15 is 0 Å². The molecule has 92 valence electrons. The summed E-state index contributed by atoms with van der Waals surface area (Å²) in [6.07, 6.45) is 9.60. The van der Waals surface area contributed by atoms with Crippen LogP contribution in [0.5, 0.6) is 0 Å². The summed E-state index contributed by atoms with van der Waals surface area (Å²) in [4.78, 5) is 0. The second kappa shape index (κ2) is 10.5. The molecule has 0 amide bonds. The first kappa shape index (κ1) is 15.0. The van der Waals surface area contributed by atoms with Crippen molar-refractivity contribution >= 4 is 0 Å². The van der Waals surface area contributed by atoms with Crippen molar-refractivity contribution in [3.8, 4) is 0 Å². The third kappa shape index (κ3) is 10.2. The van der Waals surface area contributed by atoms with Crippen molar-refractivity contribution in [2.24, 2.45) is 11.8 Å². The van der Waals surface area contributed by atoms with Gasteiger partial charge >= 0.3 is 0 Å². The smallest absolute Gasteiger partial charge is 0.0464 e. The van der Waals surface area contributed by atoms with Crippen molar-refractivity contribution in [2.75, 3.05) is 13.7 Å². The van der Waals surface area contributed by atoms with Gasteiger partial charge in [0.15, 0.2) is 0 Å². The number of unbranched alkanes of at least 4 members (excludes halogenated alkanes) is 2. The summed E-state index contributed by atoms with van der Waals surface area (Å²) >= 11 is 0. The van der Waals surface area contributed by atoms with Crippen molar-refractivity contribution in [1.82, 2.24) is 0 Å². The van der Waals surface area contributed by atoms with Crippen LogP contribution in [0.25, 0.3) is 0 Å². The Bertz CT molecular complexity index is 121. The quantitative estimate of drug-likeness (QED) is 0.481. The van der Waals surface area contributed by atoms with Gasteiger partial charge in [-0.3, -0.25) is 0 Å². The largest absolute Gasteiger partial charge is 0.385 e. The molecule has 0 unspecified atom stereocenters. The molecule has 0 fully saturated rings. The van der Waals surface area contributed by atoms with E-state index in [2.05, 4.69) is 20.8 Å². The lowest BCUT2D eigenvalue weighted by atomic mass is 9.94. The van der Waals surface area contributed by atoms with Gasteiger partial charge in [0.2, 0.25) is 0 Å². The molecule has 0 aliphatic carbocycles. The number of ether oxygens (including phenoxy) is 1. The van der Waals surface area contributed by atoms with Gasteiger partial charge in [0.05, 0.1) is 0 Å². The van der Waals surface area contributed by atoms with Crippen molar-refractivity contribution in [2.45, 2.75) is 65.7 Å². The van der Waals surface area contributed by atoms with Crippen LogP contribution in [0, 0.1) is 11.8 Å². The van der Waals surface area contributed by atoms with E-state index in [9.17, 15) is 0 Å². The monoisotopic (exact) mass is 214 g/mol. The van der Waals surface area contributed by atoms with Crippen LogP contribution in [0.4, 0.5) is 0 Å². The van der Waals surface area contributed by atoms with Gasteiger partial charge in [-0.2, -0.15) is 0 Å². The normalized spacial score (nSPS) is 13.4. The van der Waals surface area contributed by atoms with Crippen LogP contribution >= 0.6 is 0 Å². The standard InChI is InChI=1S/C14H30O/c1-5-14(11-12-15-4)10-8-6-7-9-13(2)3/h13-14H,5-12H2,1-4H3/t14-/m1/s1. The predicted octanol–water partition coefficient (Wildman–Crippen LogP) is 4.66. The molecule has 0 radical (unpaired) electrons. The second-order valence-corrected chi connectivity index (χ2v) is 5.09. The van der Waals surface area contributed by atoms with Gasteiger partial charge in [-0.25, -0.2) is 0 Å². The van der Waals surface area contributed by atoms with Crippen LogP contribution in [-0.4, -0.2) is 13.7 Å². The molecular formula is C14H30O. The van der Waals surface area contributed by atoms with E-state index in [-0.39, 0.29) is 0 Å². The molecule has 0 rings (SSSR count). The average Bonchev–Trinajstić information content (AvgIpc) is 2.21. The van der Waals surface area contributed by atoms with Crippen LogP contribution in [0.1, 0.15) is 65.7 Å². The van der Waals surface area contributed by atoms with E-state index < -0.39 is 0 Å². The zero-order valence-electron chi connectivity index (χ0n) is 11.2. The third-order valence-corrected chi connectivity index (χ3v) is 3.20. The highest BCUT2D eigenvalue weighted by Gasteiger charge is 2.05. The molecule has 0 N–H and O–H groups in total. The van der Waals surface area contributed by atoms with E-state index in [0.717, 1.165) is 18.4 Å². The predicted molar refractivity (Wildman–Crippen MR) is 68.2 cm³/mol. The number of methoxy groups -OCH3 is 1. The van der Waals surface area contributed by atoms with Crippen LogP contribution in [0.2, 0.25) is 0 Å². The van der Waals surface area contributed by atoms with Gasteiger partial charge in [-0.15, -0.1) is 0 Å². The lowest BCUT2D eigenvalue weighted by Gasteiger charge is -2.14. The topological polar surface area (TPSA) is 9.23 Å². The fourth-order valence-corrected chi connectivity index (χ4v) is 2.00. The molecule has 0 aromatic rings. The van der Waals surface area contributed by atoms with Gasteiger partial charge < -0.3 is 4.74 Å². The van der Waals surface area contributed by atoms with Crippen molar-refractivity contribution in [3.05, 3.63) is 0 Å². The molecule has 0 heterocycles. The molecule has 0 bridgehead atoms. The van der Waals surface area contributed by atoms with E-state index in [4.69, 9.17) is 4.74 Å². The van der Waals surface area contributed by atoms with Gasteiger partial charge in [0, 0.05) is 13.7 Å². The molecule has 0 saturated heterocycles. The molecule has 0 aromatic carbocycles. The minimum atomic E-state index is 0.875. The molecule has 0 aliphatic heterocycles. The fourth-order valence-electron chi connectivity index (χ4n) is 2.00. The van der Waals surface area contributed by atoms with Crippen molar-refractivity contribution < 1.29 is 4.74 Å². The maximum absolute atomic E-state index is 5.13. The summed E-state index contributed by atoms with van der Waals surface area (Å²) in [6, 6.07) is 0. The first-order valence-electron chi connectivity index (χ1n) is 6.69. The van der Waals surface area contributed by atoms with Crippen LogP contribution in [0.3, 0.4) is 0 Å². The highest BCUT2D eigenvalue weighted by Crippen LogP contribution is 2.18. The first-order valence-corrected chi connectivity index (χ1v) is 6.69. The molecule has 0 spiro atoms. The Morgan fingerprint density at radius 1 is 0.933 bits per heavy atom. The molecule has 1 atom stereocenters. The van der Waals surface area contributed by atoms with Crippen molar-refractivity contribution in [3.63, 3.8) is 0 Å². The van der Waals surface area contributed by atoms with Crippen molar-refractivity contribution in [1.29, 1.82) is 0 Å². The van der Waals surface area contributed by atoms with Gasteiger partial charge in [-0.1, -0.05) is 59.3 Å². The highest BCUT2D eigenvalue weighted by atomic mass is 16.5. The van der Waals surface area contributed by atoms with Gasteiger partial charge in [0.1, 0.15) is 0 Å². The molecule has 15 heavy (non-hydrogen) atoms. The number of rotatable bonds is 10. The van der Waals surface area contributed by atoms with Crippen LogP contribution in [-0.2, 0) is 4.74 Å². The lowest BCUT2D eigenvalue weighted by molar-refractivity contribution is 0.173. The Labute approximate surface area is 96.6 Å². The summed E-state index contributed by atoms with van der Waals surface area (Å²) in [6.45, 7) is 7.86. The minimum absolute atomic E-state index is 0.875.